The molecule has 0 aliphatic rings. The van der Waals surface area contributed by atoms with Crippen LogP contribution in [0.3, 0.4) is 0 Å². The molecule has 1 unspecified atom stereocenters. The Labute approximate surface area is 127 Å². The molecule has 2 N–H and O–H groups in total. The number of fused-ring (bicyclic) bond motifs is 1. The fourth-order valence-corrected chi connectivity index (χ4v) is 3.00. The lowest BCUT2D eigenvalue weighted by Crippen LogP contribution is -2.45. The molecule has 21 heavy (non-hydrogen) atoms. The highest BCUT2D eigenvalue weighted by atomic mass is 32.1. The summed E-state index contributed by atoms with van der Waals surface area (Å²) in [6.07, 6.45) is 1.47. The summed E-state index contributed by atoms with van der Waals surface area (Å²) in [5.74, 6) is -0.332. The smallest absolute Gasteiger partial charge is 0.242 e. The maximum Gasteiger partial charge on any atom is 0.242 e. The first kappa shape index (κ1) is 15.4. The van der Waals surface area contributed by atoms with Gasteiger partial charge >= 0.3 is 0 Å². The minimum absolute atomic E-state index is 0.145. The van der Waals surface area contributed by atoms with Gasteiger partial charge < -0.3 is 10.6 Å². The molecule has 0 fully saturated rings. The Kier molecular flexibility index (Phi) is 5.27. The lowest BCUT2D eigenvalue weighted by molar-refractivity contribution is -0.128. The summed E-state index contributed by atoms with van der Waals surface area (Å²) in [6.45, 7) is 3.85. The van der Waals surface area contributed by atoms with E-state index in [9.17, 15) is 9.59 Å². The third-order valence-electron chi connectivity index (χ3n) is 3.16. The van der Waals surface area contributed by atoms with Gasteiger partial charge in [-0.2, -0.15) is 0 Å². The van der Waals surface area contributed by atoms with Gasteiger partial charge in [0.05, 0.1) is 15.7 Å². The second kappa shape index (κ2) is 7.17. The molecule has 1 heterocycles. The summed E-state index contributed by atoms with van der Waals surface area (Å²) in [5.41, 5.74) is 3.79. The summed E-state index contributed by atoms with van der Waals surface area (Å²) in [5, 5.41) is 5.58. The molecule has 0 aliphatic heterocycles. The largest absolute Gasteiger partial charge is 0.350 e. The van der Waals surface area contributed by atoms with Crippen molar-refractivity contribution in [3.8, 4) is 0 Å². The van der Waals surface area contributed by atoms with Crippen molar-refractivity contribution in [2.24, 2.45) is 0 Å². The van der Waals surface area contributed by atoms with Gasteiger partial charge in [-0.1, -0.05) is 25.5 Å². The molecule has 0 radical (unpaired) electrons. The molecule has 0 aliphatic carbocycles. The van der Waals surface area contributed by atoms with Crippen LogP contribution in [0.4, 0.5) is 0 Å². The quantitative estimate of drug-likeness (QED) is 0.859. The van der Waals surface area contributed by atoms with Gasteiger partial charge in [-0.15, -0.1) is 11.3 Å². The van der Waals surface area contributed by atoms with Crippen LogP contribution in [0.1, 0.15) is 32.3 Å². The molecule has 1 aromatic heterocycles. The highest BCUT2D eigenvalue weighted by Gasteiger charge is 2.18. The normalized spacial score (nSPS) is 12.1. The zero-order valence-electron chi connectivity index (χ0n) is 12.2. The van der Waals surface area contributed by atoms with Crippen LogP contribution in [0.25, 0.3) is 10.2 Å². The van der Waals surface area contributed by atoms with E-state index >= 15 is 0 Å². The fraction of sp³-hybridized carbons (Fsp3) is 0.400. The van der Waals surface area contributed by atoms with Crippen LogP contribution in [0.2, 0.25) is 0 Å². The van der Waals surface area contributed by atoms with Gasteiger partial charge in [-0.3, -0.25) is 9.59 Å². The van der Waals surface area contributed by atoms with E-state index in [0.717, 1.165) is 22.2 Å². The standard InChI is InChI=1S/C15H19N3O2S/c1-3-5-13(18-10(2)19)15(20)16-8-11-6-4-7-12-14(11)21-9-17-12/h4,6-7,9,13H,3,5,8H2,1-2H3,(H,16,20)(H,18,19). The number of hydrogen-bond donors (Lipinski definition) is 2. The molecule has 2 rings (SSSR count). The van der Waals surface area contributed by atoms with Crippen LogP contribution in [-0.4, -0.2) is 22.8 Å². The van der Waals surface area contributed by atoms with Crippen LogP contribution < -0.4 is 10.6 Å². The van der Waals surface area contributed by atoms with Crippen molar-refractivity contribution < 1.29 is 9.59 Å². The van der Waals surface area contributed by atoms with Gasteiger partial charge in [0.1, 0.15) is 6.04 Å². The van der Waals surface area contributed by atoms with Crippen molar-refractivity contribution in [3.05, 3.63) is 29.3 Å². The maximum absolute atomic E-state index is 12.2. The number of nitrogens with zero attached hydrogens (tertiary/aromatic N) is 1. The Morgan fingerprint density at radius 2 is 2.19 bits per heavy atom. The summed E-state index contributed by atoms with van der Waals surface area (Å²) in [7, 11) is 0. The van der Waals surface area contributed by atoms with Crippen molar-refractivity contribution in [2.45, 2.75) is 39.3 Å². The van der Waals surface area contributed by atoms with E-state index in [4.69, 9.17) is 0 Å². The first-order valence-electron chi connectivity index (χ1n) is 6.97. The Morgan fingerprint density at radius 1 is 1.38 bits per heavy atom. The third-order valence-corrected chi connectivity index (χ3v) is 4.08. The zero-order valence-corrected chi connectivity index (χ0v) is 13.0. The van der Waals surface area contributed by atoms with Gasteiger partial charge in [0, 0.05) is 13.5 Å². The number of nitrogens with one attached hydrogen (secondary N) is 2. The molecule has 5 nitrogen and oxygen atoms in total. The predicted octanol–water partition coefficient (Wildman–Crippen LogP) is 2.22. The minimum atomic E-state index is -0.465. The van der Waals surface area contributed by atoms with Gasteiger partial charge in [0.2, 0.25) is 11.8 Å². The molecule has 6 heteroatoms. The molecule has 0 saturated heterocycles. The molecule has 2 amide bonds. The van der Waals surface area contributed by atoms with E-state index < -0.39 is 6.04 Å². The summed E-state index contributed by atoms with van der Waals surface area (Å²) >= 11 is 1.56. The summed E-state index contributed by atoms with van der Waals surface area (Å²) in [4.78, 5) is 27.6. The average molecular weight is 305 g/mol. The molecule has 0 bridgehead atoms. The summed E-state index contributed by atoms with van der Waals surface area (Å²) in [6, 6.07) is 5.40. The number of rotatable bonds is 6. The second-order valence-corrected chi connectivity index (χ2v) is 5.73. The van der Waals surface area contributed by atoms with Gasteiger partial charge in [0.25, 0.3) is 0 Å². The number of amides is 2. The molecular formula is C15H19N3O2S. The molecule has 112 valence electrons. The van der Waals surface area contributed by atoms with E-state index in [0.29, 0.717) is 13.0 Å². The molecule has 0 saturated carbocycles. The first-order valence-corrected chi connectivity index (χ1v) is 7.85. The third kappa shape index (κ3) is 4.01. The summed E-state index contributed by atoms with van der Waals surface area (Å²) < 4.78 is 1.09. The first-order chi connectivity index (χ1) is 10.1. The van der Waals surface area contributed by atoms with E-state index in [1.54, 1.807) is 16.8 Å². The Morgan fingerprint density at radius 3 is 2.90 bits per heavy atom. The van der Waals surface area contributed by atoms with Crippen molar-refractivity contribution in [1.29, 1.82) is 0 Å². The van der Waals surface area contributed by atoms with Crippen LogP contribution >= 0.6 is 11.3 Å². The maximum atomic E-state index is 12.2. The zero-order chi connectivity index (χ0) is 15.2. The molecule has 0 spiro atoms. The number of carbonyl (C=O) groups excluding carboxylic acids is 2. The lowest BCUT2D eigenvalue weighted by Gasteiger charge is -2.17. The van der Waals surface area contributed by atoms with Crippen molar-refractivity contribution in [2.75, 3.05) is 0 Å². The van der Waals surface area contributed by atoms with Crippen molar-refractivity contribution >= 4 is 33.4 Å². The SMILES string of the molecule is CCCC(NC(C)=O)C(=O)NCc1cccc2ncsc12. The monoisotopic (exact) mass is 305 g/mol. The van der Waals surface area contributed by atoms with Gasteiger partial charge in [0.15, 0.2) is 0 Å². The Hall–Kier alpha value is -1.95. The molecule has 2 aromatic rings. The average Bonchev–Trinajstić information content (AvgIpc) is 2.92. The highest BCUT2D eigenvalue weighted by Crippen LogP contribution is 2.21. The Balaban J connectivity index is 2.02. The lowest BCUT2D eigenvalue weighted by atomic mass is 10.1. The number of carbonyl (C=O) groups is 2. The van der Waals surface area contributed by atoms with Crippen molar-refractivity contribution in [1.82, 2.24) is 15.6 Å². The number of hydrogen-bond acceptors (Lipinski definition) is 4. The van der Waals surface area contributed by atoms with Gasteiger partial charge in [-0.05, 0) is 18.1 Å². The molecule has 1 aromatic carbocycles. The highest BCUT2D eigenvalue weighted by molar-refractivity contribution is 7.16. The van der Waals surface area contributed by atoms with Crippen LogP contribution in [0.15, 0.2) is 23.7 Å². The number of benzene rings is 1. The second-order valence-electron chi connectivity index (χ2n) is 4.88. The van der Waals surface area contributed by atoms with Crippen LogP contribution in [-0.2, 0) is 16.1 Å². The van der Waals surface area contributed by atoms with Crippen molar-refractivity contribution in [3.63, 3.8) is 0 Å². The van der Waals surface area contributed by atoms with E-state index in [-0.39, 0.29) is 11.8 Å². The number of thiazole rings is 1. The van der Waals surface area contributed by atoms with Crippen LogP contribution in [0, 0.1) is 0 Å². The predicted molar refractivity (Wildman–Crippen MR) is 84.0 cm³/mol. The minimum Gasteiger partial charge on any atom is -0.350 e. The fourth-order valence-electron chi connectivity index (χ4n) is 2.19. The van der Waals surface area contributed by atoms with E-state index in [1.165, 1.54) is 6.92 Å². The topological polar surface area (TPSA) is 71.1 Å². The van der Waals surface area contributed by atoms with E-state index in [2.05, 4.69) is 15.6 Å². The molecule has 1 atom stereocenters. The van der Waals surface area contributed by atoms with Crippen LogP contribution in [0.5, 0.6) is 0 Å². The Bertz CT molecular complexity index is 639. The molecular weight excluding hydrogens is 286 g/mol. The number of aromatic nitrogens is 1. The van der Waals surface area contributed by atoms with E-state index in [1.807, 2.05) is 25.1 Å². The van der Waals surface area contributed by atoms with Gasteiger partial charge in [-0.25, -0.2) is 4.98 Å².